The molecular weight excluding hydrogens is 230 g/mol. The van der Waals surface area contributed by atoms with Gasteiger partial charge in [0, 0.05) is 5.56 Å². The first-order valence-corrected chi connectivity index (χ1v) is 6.26. The number of hydrogen-bond acceptors (Lipinski definition) is 4. The normalized spacial score (nSPS) is 19.6. The highest BCUT2D eigenvalue weighted by molar-refractivity contribution is 5.84. The highest BCUT2D eigenvalue weighted by Crippen LogP contribution is 2.23. The minimum absolute atomic E-state index is 0.250. The highest BCUT2D eigenvalue weighted by atomic mass is 16.5. The van der Waals surface area contributed by atoms with E-state index in [4.69, 9.17) is 14.7 Å². The number of rotatable bonds is 4. The number of oxime groups is 1. The van der Waals surface area contributed by atoms with Gasteiger partial charge in [0.2, 0.25) is 0 Å². The Morgan fingerprint density at radius 2 is 2.00 bits per heavy atom. The number of hydrogen-bond donors (Lipinski definition) is 1. The van der Waals surface area contributed by atoms with E-state index in [2.05, 4.69) is 5.16 Å². The fourth-order valence-electron chi connectivity index (χ4n) is 2.22. The minimum Gasteiger partial charge on any atom is -0.496 e. The lowest BCUT2D eigenvalue weighted by Gasteiger charge is -2.23. The van der Waals surface area contributed by atoms with Crippen molar-refractivity contribution in [2.75, 3.05) is 7.11 Å². The van der Waals surface area contributed by atoms with Crippen LogP contribution in [0, 0.1) is 0 Å². The van der Waals surface area contributed by atoms with Gasteiger partial charge >= 0.3 is 0 Å². The fourth-order valence-corrected chi connectivity index (χ4v) is 2.22. The van der Waals surface area contributed by atoms with Crippen molar-refractivity contribution >= 4 is 5.71 Å². The van der Waals surface area contributed by atoms with Crippen molar-refractivity contribution in [3.8, 4) is 5.75 Å². The Kier molecular flexibility index (Phi) is 4.59. The Balaban J connectivity index is 1.85. The van der Waals surface area contributed by atoms with Crippen molar-refractivity contribution in [2.45, 2.75) is 38.4 Å². The third kappa shape index (κ3) is 3.23. The summed E-state index contributed by atoms with van der Waals surface area (Å²) >= 11 is 0. The first-order valence-electron chi connectivity index (χ1n) is 6.26. The molecular formula is C14H19NO3. The molecule has 0 amide bonds. The zero-order valence-corrected chi connectivity index (χ0v) is 10.6. The second-order valence-corrected chi connectivity index (χ2v) is 4.49. The van der Waals surface area contributed by atoms with Crippen molar-refractivity contribution in [1.82, 2.24) is 0 Å². The molecule has 0 saturated heterocycles. The third-order valence-electron chi connectivity index (χ3n) is 3.32. The zero-order chi connectivity index (χ0) is 12.8. The van der Waals surface area contributed by atoms with Crippen LogP contribution in [-0.4, -0.2) is 24.1 Å². The molecule has 0 atom stereocenters. The van der Waals surface area contributed by atoms with Crippen LogP contribution in [0.5, 0.6) is 5.75 Å². The Morgan fingerprint density at radius 3 is 2.67 bits per heavy atom. The molecule has 1 fully saturated rings. The molecule has 18 heavy (non-hydrogen) atoms. The monoisotopic (exact) mass is 249 g/mol. The van der Waals surface area contributed by atoms with Crippen molar-refractivity contribution < 1.29 is 14.7 Å². The van der Waals surface area contributed by atoms with Crippen molar-refractivity contribution in [3.05, 3.63) is 29.8 Å². The van der Waals surface area contributed by atoms with Crippen LogP contribution in [0.4, 0.5) is 0 Å². The molecule has 1 saturated carbocycles. The maximum atomic E-state index is 8.68. The van der Waals surface area contributed by atoms with Crippen molar-refractivity contribution in [2.24, 2.45) is 5.16 Å². The molecule has 0 bridgehead atoms. The molecule has 0 spiro atoms. The molecule has 0 aromatic heterocycles. The van der Waals surface area contributed by atoms with E-state index in [9.17, 15) is 0 Å². The van der Waals surface area contributed by atoms with E-state index in [1.54, 1.807) is 7.11 Å². The summed E-state index contributed by atoms with van der Waals surface area (Å²) in [5, 5.41) is 12.0. The molecule has 2 rings (SSSR count). The maximum Gasteiger partial charge on any atom is 0.124 e. The SMILES string of the molecule is COc1ccccc1COC1CCC(=NO)CC1. The van der Waals surface area contributed by atoms with Crippen LogP contribution in [0.25, 0.3) is 0 Å². The standard InChI is InChI=1S/C14H19NO3/c1-17-14-5-3-2-4-11(14)10-18-13-8-6-12(15-16)7-9-13/h2-5,13,16H,6-10H2,1H3. The van der Waals surface area contributed by atoms with Crippen LogP contribution < -0.4 is 4.74 Å². The Hall–Kier alpha value is -1.55. The van der Waals surface area contributed by atoms with Gasteiger partial charge in [0.05, 0.1) is 25.5 Å². The molecule has 1 aromatic carbocycles. The van der Waals surface area contributed by atoms with E-state index in [0.29, 0.717) is 6.61 Å². The number of methoxy groups -OCH3 is 1. The first kappa shape index (κ1) is 12.9. The van der Waals surface area contributed by atoms with Gasteiger partial charge in [-0.1, -0.05) is 23.4 Å². The summed E-state index contributed by atoms with van der Waals surface area (Å²) < 4.78 is 11.2. The topological polar surface area (TPSA) is 51.0 Å². The van der Waals surface area contributed by atoms with E-state index in [1.165, 1.54) is 0 Å². The zero-order valence-electron chi connectivity index (χ0n) is 10.6. The van der Waals surface area contributed by atoms with Gasteiger partial charge in [0.15, 0.2) is 0 Å². The summed E-state index contributed by atoms with van der Waals surface area (Å²) in [6.07, 6.45) is 3.75. The summed E-state index contributed by atoms with van der Waals surface area (Å²) in [5.41, 5.74) is 1.95. The molecule has 1 aromatic rings. The fraction of sp³-hybridized carbons (Fsp3) is 0.500. The van der Waals surface area contributed by atoms with Gasteiger partial charge < -0.3 is 14.7 Å². The van der Waals surface area contributed by atoms with E-state index >= 15 is 0 Å². The van der Waals surface area contributed by atoms with Crippen LogP contribution >= 0.6 is 0 Å². The molecule has 1 aliphatic carbocycles. The predicted octanol–water partition coefficient (Wildman–Crippen LogP) is 2.98. The average molecular weight is 249 g/mol. The van der Waals surface area contributed by atoms with Crippen molar-refractivity contribution in [1.29, 1.82) is 0 Å². The second kappa shape index (κ2) is 6.40. The number of ether oxygens (including phenoxy) is 2. The van der Waals surface area contributed by atoms with Crippen LogP contribution in [0.15, 0.2) is 29.4 Å². The molecule has 4 nitrogen and oxygen atoms in total. The third-order valence-corrected chi connectivity index (χ3v) is 3.32. The first-order chi connectivity index (χ1) is 8.83. The summed E-state index contributed by atoms with van der Waals surface area (Å²) in [6, 6.07) is 7.89. The predicted molar refractivity (Wildman–Crippen MR) is 69.3 cm³/mol. The van der Waals surface area contributed by atoms with E-state index in [1.807, 2.05) is 24.3 Å². The summed E-state index contributed by atoms with van der Waals surface area (Å²) in [4.78, 5) is 0. The lowest BCUT2D eigenvalue weighted by atomic mass is 9.96. The van der Waals surface area contributed by atoms with E-state index in [-0.39, 0.29) is 6.10 Å². The molecule has 0 aliphatic heterocycles. The molecule has 98 valence electrons. The van der Waals surface area contributed by atoms with E-state index in [0.717, 1.165) is 42.7 Å². The molecule has 1 aliphatic rings. The molecule has 0 radical (unpaired) electrons. The van der Waals surface area contributed by atoms with E-state index < -0.39 is 0 Å². The quantitative estimate of drug-likeness (QED) is 0.659. The van der Waals surface area contributed by atoms with Crippen LogP contribution in [0.3, 0.4) is 0 Å². The van der Waals surface area contributed by atoms with Crippen LogP contribution in [-0.2, 0) is 11.3 Å². The Labute approximate surface area is 107 Å². The summed E-state index contributed by atoms with van der Waals surface area (Å²) in [7, 11) is 1.67. The summed E-state index contributed by atoms with van der Waals surface area (Å²) in [5.74, 6) is 0.867. The van der Waals surface area contributed by atoms with Gasteiger partial charge in [-0.2, -0.15) is 0 Å². The van der Waals surface area contributed by atoms with Crippen molar-refractivity contribution in [3.63, 3.8) is 0 Å². The number of nitrogens with zero attached hydrogens (tertiary/aromatic N) is 1. The van der Waals surface area contributed by atoms with Crippen LogP contribution in [0.1, 0.15) is 31.2 Å². The molecule has 1 N–H and O–H groups in total. The highest BCUT2D eigenvalue weighted by Gasteiger charge is 2.18. The van der Waals surface area contributed by atoms with Gasteiger partial charge in [0.1, 0.15) is 5.75 Å². The number of benzene rings is 1. The minimum atomic E-state index is 0.250. The van der Waals surface area contributed by atoms with Gasteiger partial charge in [0.25, 0.3) is 0 Å². The molecule has 0 heterocycles. The van der Waals surface area contributed by atoms with Gasteiger partial charge in [-0.3, -0.25) is 0 Å². The smallest absolute Gasteiger partial charge is 0.124 e. The van der Waals surface area contributed by atoms with Gasteiger partial charge in [-0.05, 0) is 31.7 Å². The lowest BCUT2D eigenvalue weighted by Crippen LogP contribution is -2.21. The average Bonchev–Trinajstić information content (AvgIpc) is 2.46. The Bertz CT molecular complexity index is 407. The summed E-state index contributed by atoms with van der Waals surface area (Å²) in [6.45, 7) is 0.570. The Morgan fingerprint density at radius 1 is 1.28 bits per heavy atom. The molecule has 4 heteroatoms. The van der Waals surface area contributed by atoms with Crippen LogP contribution in [0.2, 0.25) is 0 Å². The number of para-hydroxylation sites is 1. The second-order valence-electron chi connectivity index (χ2n) is 4.49. The largest absolute Gasteiger partial charge is 0.496 e. The van der Waals surface area contributed by atoms with Gasteiger partial charge in [-0.15, -0.1) is 0 Å². The molecule has 0 unspecified atom stereocenters. The van der Waals surface area contributed by atoms with Gasteiger partial charge in [-0.25, -0.2) is 0 Å². The maximum absolute atomic E-state index is 8.68. The lowest BCUT2D eigenvalue weighted by molar-refractivity contribution is 0.0268.